The number of halogens is 1. The number of aliphatic hydroxyl groups excluding tert-OH is 2. The zero-order valence-electron chi connectivity index (χ0n) is 5.70. The summed E-state index contributed by atoms with van der Waals surface area (Å²) in [6.45, 7) is -0.583. The van der Waals surface area contributed by atoms with Crippen molar-refractivity contribution in [2.75, 3.05) is 13.2 Å². The van der Waals surface area contributed by atoms with Crippen LogP contribution in [-0.4, -0.2) is 44.0 Å². The van der Waals surface area contributed by atoms with E-state index in [0.29, 0.717) is 0 Å². The minimum atomic E-state index is -1.61. The zero-order chi connectivity index (χ0) is 8.70. The Balaban J connectivity index is 2.86. The van der Waals surface area contributed by atoms with Crippen molar-refractivity contribution >= 4 is 22.6 Å². The fraction of sp³-hybridized carbons (Fsp3) is 1.00. The summed E-state index contributed by atoms with van der Waals surface area (Å²) in [4.78, 5) is 0. The maximum atomic E-state index is 9.51. The van der Waals surface area contributed by atoms with Gasteiger partial charge in [-0.15, -0.1) is 0 Å². The van der Waals surface area contributed by atoms with Gasteiger partial charge in [0.1, 0.15) is 6.10 Å². The highest BCUT2D eigenvalue weighted by Gasteiger charge is 2.57. The number of aliphatic hydroxyl groups is 3. The Morgan fingerprint density at radius 3 is 2.45 bits per heavy atom. The van der Waals surface area contributed by atoms with E-state index in [1.54, 1.807) is 22.6 Å². The van der Waals surface area contributed by atoms with E-state index in [9.17, 15) is 5.11 Å². The smallest absolute Gasteiger partial charge is 0.188 e. The predicted molar refractivity (Wildman–Crippen MR) is 44.9 cm³/mol. The van der Waals surface area contributed by atoms with Gasteiger partial charge in [-0.3, -0.25) is 5.73 Å². The van der Waals surface area contributed by atoms with Gasteiger partial charge >= 0.3 is 0 Å². The van der Waals surface area contributed by atoms with E-state index >= 15 is 0 Å². The lowest BCUT2D eigenvalue weighted by molar-refractivity contribution is -0.0988. The van der Waals surface area contributed by atoms with Crippen LogP contribution in [0, 0.1) is 0 Å². The molecule has 0 radical (unpaired) electrons. The van der Waals surface area contributed by atoms with Crippen molar-refractivity contribution in [2.24, 2.45) is 5.73 Å². The third kappa shape index (κ3) is 1.27. The van der Waals surface area contributed by atoms with Crippen LogP contribution in [0.2, 0.25) is 0 Å². The topological polar surface area (TPSA) is 95.9 Å². The largest absolute Gasteiger partial charge is 0.392 e. The molecule has 5 nitrogen and oxygen atoms in total. The van der Waals surface area contributed by atoms with Crippen molar-refractivity contribution in [2.45, 2.75) is 15.4 Å². The molecule has 0 aromatic rings. The molecule has 1 heterocycles. The van der Waals surface area contributed by atoms with Crippen molar-refractivity contribution < 1.29 is 20.1 Å². The summed E-state index contributed by atoms with van der Waals surface area (Å²) in [7, 11) is 0. The molecule has 0 bridgehead atoms. The van der Waals surface area contributed by atoms with Gasteiger partial charge in [-0.2, -0.15) is 0 Å². The summed E-state index contributed by atoms with van der Waals surface area (Å²) in [6, 6.07) is 0. The fourth-order valence-corrected chi connectivity index (χ4v) is 1.38. The summed E-state index contributed by atoms with van der Waals surface area (Å²) in [5.41, 5.74) is 3.89. The first-order valence-corrected chi connectivity index (χ1v) is 4.15. The van der Waals surface area contributed by atoms with Gasteiger partial charge < -0.3 is 20.1 Å². The van der Waals surface area contributed by atoms with E-state index in [1.807, 2.05) is 0 Å². The van der Waals surface area contributed by atoms with Gasteiger partial charge in [0, 0.05) is 0 Å². The van der Waals surface area contributed by atoms with Crippen molar-refractivity contribution in [3.8, 4) is 0 Å². The van der Waals surface area contributed by atoms with Gasteiger partial charge in [0.05, 0.1) is 13.2 Å². The standard InChI is InChI=1S/C5H10INO4/c6-5(10)3(9)1-11-4(5,7)2-8/h3,8-10H,1-2,7H2/t3-,4+,5-/m0/s1. The lowest BCUT2D eigenvalue weighted by atomic mass is 10.1. The quantitative estimate of drug-likeness (QED) is 0.333. The summed E-state index contributed by atoms with van der Waals surface area (Å²) in [5.74, 6) is 0. The summed E-state index contributed by atoms with van der Waals surface area (Å²) < 4.78 is 3.23. The van der Waals surface area contributed by atoms with Gasteiger partial charge in [0.25, 0.3) is 0 Å². The highest BCUT2D eigenvalue weighted by atomic mass is 127. The van der Waals surface area contributed by atoms with Crippen molar-refractivity contribution in [3.63, 3.8) is 0 Å². The van der Waals surface area contributed by atoms with Gasteiger partial charge in [-0.05, 0) is 22.6 Å². The molecule has 1 saturated heterocycles. The third-order valence-corrected chi connectivity index (χ3v) is 3.40. The molecule has 3 atom stereocenters. The maximum absolute atomic E-state index is 9.51. The normalized spacial score (nSPS) is 51.5. The molecule has 5 N–H and O–H groups in total. The molecule has 0 aromatic carbocycles. The fourth-order valence-electron chi connectivity index (χ4n) is 0.878. The first-order valence-electron chi connectivity index (χ1n) is 3.07. The molecule has 0 saturated carbocycles. The Hall–Kier alpha value is 0.530. The molecule has 0 aromatic heterocycles. The second kappa shape index (κ2) is 2.79. The Kier molecular flexibility index (Phi) is 2.43. The molecular weight excluding hydrogens is 265 g/mol. The van der Waals surface area contributed by atoms with Crippen LogP contribution in [0.4, 0.5) is 0 Å². The summed E-state index contributed by atoms with van der Waals surface area (Å²) in [5, 5.41) is 27.4. The van der Waals surface area contributed by atoms with Crippen LogP contribution in [0.3, 0.4) is 0 Å². The molecule has 1 rings (SSSR count). The van der Waals surface area contributed by atoms with E-state index < -0.39 is 22.0 Å². The molecule has 1 aliphatic rings. The monoisotopic (exact) mass is 275 g/mol. The average molecular weight is 275 g/mol. The van der Waals surface area contributed by atoms with Crippen LogP contribution in [0.1, 0.15) is 0 Å². The minimum Gasteiger partial charge on any atom is -0.392 e. The van der Waals surface area contributed by atoms with Gasteiger partial charge in [0.2, 0.25) is 0 Å². The predicted octanol–water partition coefficient (Wildman–Crippen LogP) is -1.85. The lowest BCUT2D eigenvalue weighted by Gasteiger charge is -2.32. The number of rotatable bonds is 1. The van der Waals surface area contributed by atoms with Crippen LogP contribution in [0.25, 0.3) is 0 Å². The Morgan fingerprint density at radius 1 is 1.73 bits per heavy atom. The Bertz CT molecular complexity index is 162. The molecule has 0 spiro atoms. The Labute approximate surface area is 77.3 Å². The van der Waals surface area contributed by atoms with Crippen LogP contribution >= 0.6 is 22.6 Å². The maximum Gasteiger partial charge on any atom is 0.188 e. The lowest BCUT2D eigenvalue weighted by Crippen LogP contribution is -2.60. The highest BCUT2D eigenvalue weighted by Crippen LogP contribution is 2.37. The van der Waals surface area contributed by atoms with Crippen molar-refractivity contribution in [3.05, 3.63) is 0 Å². The van der Waals surface area contributed by atoms with E-state index in [1.165, 1.54) is 0 Å². The summed E-state index contributed by atoms with van der Waals surface area (Å²) in [6.07, 6.45) is -1.06. The van der Waals surface area contributed by atoms with Crippen LogP contribution in [0.5, 0.6) is 0 Å². The molecule has 1 fully saturated rings. The number of hydrogen-bond donors (Lipinski definition) is 4. The highest BCUT2D eigenvalue weighted by molar-refractivity contribution is 14.1. The van der Waals surface area contributed by atoms with Crippen molar-refractivity contribution in [1.82, 2.24) is 0 Å². The van der Waals surface area contributed by atoms with E-state index in [4.69, 9.17) is 20.7 Å². The SMILES string of the molecule is N[C@]1(CO)OC[C@H](O)[C@@]1(O)I. The zero-order valence-corrected chi connectivity index (χ0v) is 7.85. The molecule has 66 valence electrons. The van der Waals surface area contributed by atoms with E-state index in [2.05, 4.69) is 0 Å². The number of nitrogens with two attached hydrogens (primary N) is 1. The average Bonchev–Trinajstić information content (AvgIpc) is 2.15. The summed E-state index contributed by atoms with van der Waals surface area (Å²) >= 11 is 1.57. The van der Waals surface area contributed by atoms with Crippen LogP contribution in [-0.2, 0) is 4.74 Å². The first kappa shape index (κ1) is 9.62. The van der Waals surface area contributed by atoms with Gasteiger partial charge in [-0.25, -0.2) is 0 Å². The molecular formula is C5H10INO4. The number of alkyl halides is 1. The second-order valence-corrected chi connectivity index (χ2v) is 4.19. The van der Waals surface area contributed by atoms with E-state index in [0.717, 1.165) is 0 Å². The minimum absolute atomic E-state index is 0.0590. The van der Waals surface area contributed by atoms with Crippen molar-refractivity contribution in [1.29, 1.82) is 0 Å². The number of hydrogen-bond acceptors (Lipinski definition) is 5. The van der Waals surface area contributed by atoms with Gasteiger partial charge in [0.15, 0.2) is 9.33 Å². The van der Waals surface area contributed by atoms with Gasteiger partial charge in [-0.1, -0.05) is 0 Å². The number of ether oxygens (including phenoxy) is 1. The molecule has 11 heavy (non-hydrogen) atoms. The second-order valence-electron chi connectivity index (χ2n) is 2.55. The first-order chi connectivity index (χ1) is 4.94. The molecule has 0 aliphatic carbocycles. The molecule has 0 amide bonds. The van der Waals surface area contributed by atoms with E-state index in [-0.39, 0.29) is 6.61 Å². The molecule has 1 aliphatic heterocycles. The van der Waals surface area contributed by atoms with Crippen LogP contribution in [0.15, 0.2) is 0 Å². The Morgan fingerprint density at radius 2 is 2.27 bits per heavy atom. The van der Waals surface area contributed by atoms with Crippen LogP contribution < -0.4 is 5.73 Å². The molecule has 0 unspecified atom stereocenters. The molecule has 6 heteroatoms. The third-order valence-electron chi connectivity index (χ3n) is 1.77.